The standard InChI is InChI=1S/C6H4Br2O3S.Al/c7-5-2-1-4(3-6(5)8)12(9,10)11;/h1-3H,(H,9,10,11);. The number of rotatable bonds is 1. The number of benzene rings is 1. The van der Waals surface area contributed by atoms with Crippen molar-refractivity contribution in [1.82, 2.24) is 0 Å². The van der Waals surface area contributed by atoms with Crippen molar-refractivity contribution in [2.75, 3.05) is 0 Å². The van der Waals surface area contributed by atoms with E-state index in [-0.39, 0.29) is 22.3 Å². The van der Waals surface area contributed by atoms with Crippen LogP contribution in [0.4, 0.5) is 0 Å². The fourth-order valence-electron chi connectivity index (χ4n) is 0.637. The second-order valence-corrected chi connectivity index (χ2v) is 5.18. The van der Waals surface area contributed by atoms with Gasteiger partial charge < -0.3 is 0 Å². The fourth-order valence-corrected chi connectivity index (χ4v) is 1.92. The van der Waals surface area contributed by atoms with Gasteiger partial charge in [-0.3, -0.25) is 4.55 Å². The van der Waals surface area contributed by atoms with Gasteiger partial charge in [-0.2, -0.15) is 8.42 Å². The van der Waals surface area contributed by atoms with Crippen molar-refractivity contribution in [1.29, 1.82) is 0 Å². The summed E-state index contributed by atoms with van der Waals surface area (Å²) in [5.41, 5.74) is 0. The van der Waals surface area contributed by atoms with Crippen LogP contribution in [0, 0.1) is 0 Å². The number of halogens is 2. The molecular formula is C6H4AlBr2O3S. The monoisotopic (exact) mass is 341 g/mol. The van der Waals surface area contributed by atoms with Gasteiger partial charge in [-0.05, 0) is 50.1 Å². The lowest BCUT2D eigenvalue weighted by Crippen LogP contribution is -1.97. The highest BCUT2D eigenvalue weighted by atomic mass is 79.9. The second kappa shape index (κ2) is 4.92. The maximum Gasteiger partial charge on any atom is 0.294 e. The molecule has 3 nitrogen and oxygen atoms in total. The van der Waals surface area contributed by atoms with Crippen LogP contribution in [0.1, 0.15) is 0 Å². The first-order chi connectivity index (χ1) is 5.41. The molecule has 0 amide bonds. The molecule has 1 rings (SSSR count). The average Bonchev–Trinajstić information content (AvgIpc) is 1.92. The largest absolute Gasteiger partial charge is 0.294 e. The molecule has 0 aliphatic rings. The molecule has 0 heterocycles. The Morgan fingerprint density at radius 3 is 2.08 bits per heavy atom. The van der Waals surface area contributed by atoms with Gasteiger partial charge in [0, 0.05) is 26.3 Å². The molecule has 0 atom stereocenters. The Balaban J connectivity index is 0.00000144. The highest BCUT2D eigenvalue weighted by Gasteiger charge is 2.10. The van der Waals surface area contributed by atoms with Crippen molar-refractivity contribution < 1.29 is 13.0 Å². The van der Waals surface area contributed by atoms with Gasteiger partial charge in [0.1, 0.15) is 0 Å². The van der Waals surface area contributed by atoms with E-state index in [0.717, 1.165) is 4.47 Å². The average molecular weight is 343 g/mol. The first kappa shape index (κ1) is 13.6. The summed E-state index contributed by atoms with van der Waals surface area (Å²) < 4.78 is 31.2. The Morgan fingerprint density at radius 1 is 1.15 bits per heavy atom. The third-order valence-corrected chi connectivity index (χ3v) is 3.92. The van der Waals surface area contributed by atoms with Crippen LogP contribution in [0.25, 0.3) is 0 Å². The normalized spacial score (nSPS) is 10.7. The Labute approximate surface area is 104 Å². The predicted molar refractivity (Wildman–Crippen MR) is 57.4 cm³/mol. The number of hydrogen-bond donors (Lipinski definition) is 1. The highest BCUT2D eigenvalue weighted by Crippen LogP contribution is 2.25. The molecule has 3 radical (unpaired) electrons. The molecule has 0 saturated carbocycles. The predicted octanol–water partition coefficient (Wildman–Crippen LogP) is 2.08. The summed E-state index contributed by atoms with van der Waals surface area (Å²) in [5.74, 6) is 0. The zero-order chi connectivity index (χ0) is 9.35. The van der Waals surface area contributed by atoms with E-state index < -0.39 is 10.1 Å². The van der Waals surface area contributed by atoms with Gasteiger partial charge in [-0.1, -0.05) is 0 Å². The Bertz CT molecular complexity index is 404. The van der Waals surface area contributed by atoms with Crippen LogP contribution in [0.15, 0.2) is 32.0 Å². The summed E-state index contributed by atoms with van der Waals surface area (Å²) in [6, 6.07) is 4.16. The van der Waals surface area contributed by atoms with Crippen molar-refractivity contribution in [3.63, 3.8) is 0 Å². The van der Waals surface area contributed by atoms with Crippen LogP contribution in [0.2, 0.25) is 0 Å². The lowest BCUT2D eigenvalue weighted by Gasteiger charge is -1.98. The summed E-state index contributed by atoms with van der Waals surface area (Å²) in [7, 11) is -4.09. The molecule has 0 saturated heterocycles. The van der Waals surface area contributed by atoms with E-state index in [1.54, 1.807) is 0 Å². The van der Waals surface area contributed by atoms with E-state index in [4.69, 9.17) is 4.55 Å². The minimum Gasteiger partial charge on any atom is -0.282 e. The third-order valence-electron chi connectivity index (χ3n) is 1.19. The zero-order valence-electron chi connectivity index (χ0n) is 6.24. The second-order valence-electron chi connectivity index (χ2n) is 2.05. The summed E-state index contributed by atoms with van der Waals surface area (Å²) in [6.07, 6.45) is 0. The van der Waals surface area contributed by atoms with Gasteiger partial charge in [0.05, 0.1) is 4.90 Å². The van der Waals surface area contributed by atoms with Crippen LogP contribution >= 0.6 is 31.9 Å². The van der Waals surface area contributed by atoms with Crippen LogP contribution in [-0.4, -0.2) is 30.3 Å². The van der Waals surface area contributed by atoms with Crippen molar-refractivity contribution in [3.05, 3.63) is 27.1 Å². The zero-order valence-corrected chi connectivity index (χ0v) is 11.4. The molecule has 0 aromatic heterocycles. The minimum absolute atomic E-state index is 0. The fraction of sp³-hybridized carbons (Fsp3) is 0. The Hall–Kier alpha value is 0.622. The van der Waals surface area contributed by atoms with E-state index in [1.807, 2.05) is 0 Å². The summed E-state index contributed by atoms with van der Waals surface area (Å²) in [6.45, 7) is 0. The first-order valence-electron chi connectivity index (χ1n) is 2.84. The van der Waals surface area contributed by atoms with Gasteiger partial charge in [-0.15, -0.1) is 0 Å². The minimum atomic E-state index is -4.09. The maximum atomic E-state index is 10.6. The Kier molecular flexibility index (Phi) is 5.15. The van der Waals surface area contributed by atoms with Crippen molar-refractivity contribution in [3.8, 4) is 0 Å². The smallest absolute Gasteiger partial charge is 0.282 e. The molecule has 1 N–H and O–H groups in total. The molecule has 0 bridgehead atoms. The van der Waals surface area contributed by atoms with Gasteiger partial charge >= 0.3 is 0 Å². The van der Waals surface area contributed by atoms with Crippen molar-refractivity contribution in [2.45, 2.75) is 4.90 Å². The topological polar surface area (TPSA) is 54.4 Å². The van der Waals surface area contributed by atoms with Crippen LogP contribution in [0.5, 0.6) is 0 Å². The molecule has 0 aliphatic heterocycles. The van der Waals surface area contributed by atoms with E-state index in [9.17, 15) is 8.42 Å². The van der Waals surface area contributed by atoms with Crippen LogP contribution in [0.3, 0.4) is 0 Å². The summed E-state index contributed by atoms with van der Waals surface area (Å²) >= 11 is 6.29. The van der Waals surface area contributed by atoms with E-state index in [2.05, 4.69) is 31.9 Å². The maximum absolute atomic E-state index is 10.6. The van der Waals surface area contributed by atoms with Crippen molar-refractivity contribution >= 4 is 59.3 Å². The van der Waals surface area contributed by atoms with Crippen molar-refractivity contribution in [2.24, 2.45) is 0 Å². The summed E-state index contributed by atoms with van der Waals surface area (Å²) in [4.78, 5) is -0.127. The van der Waals surface area contributed by atoms with E-state index in [1.165, 1.54) is 18.2 Å². The van der Waals surface area contributed by atoms with Gasteiger partial charge in [0.2, 0.25) is 0 Å². The van der Waals surface area contributed by atoms with Gasteiger partial charge in [-0.25, -0.2) is 0 Å². The van der Waals surface area contributed by atoms with Crippen LogP contribution < -0.4 is 0 Å². The van der Waals surface area contributed by atoms with Gasteiger partial charge in [0.15, 0.2) is 0 Å². The third kappa shape index (κ3) is 3.70. The molecule has 0 spiro atoms. The Morgan fingerprint density at radius 2 is 1.69 bits per heavy atom. The van der Waals surface area contributed by atoms with E-state index >= 15 is 0 Å². The molecular weight excluding hydrogens is 339 g/mol. The molecule has 1 aromatic rings. The molecule has 13 heavy (non-hydrogen) atoms. The molecule has 0 aliphatic carbocycles. The number of hydrogen-bond acceptors (Lipinski definition) is 2. The SMILES string of the molecule is O=S(=O)(O)c1ccc(Br)c(Br)c1.[Al]. The van der Waals surface area contributed by atoms with Gasteiger partial charge in [0.25, 0.3) is 10.1 Å². The molecule has 0 unspecified atom stereocenters. The van der Waals surface area contributed by atoms with Crippen LogP contribution in [-0.2, 0) is 10.1 Å². The summed E-state index contributed by atoms with van der Waals surface area (Å²) in [5, 5.41) is 0. The first-order valence-corrected chi connectivity index (χ1v) is 5.86. The molecule has 1 aromatic carbocycles. The lowest BCUT2D eigenvalue weighted by atomic mass is 10.4. The molecule has 69 valence electrons. The van der Waals surface area contributed by atoms with E-state index in [0.29, 0.717) is 4.47 Å². The molecule has 0 fully saturated rings. The quantitative estimate of drug-likeness (QED) is 0.628. The highest BCUT2D eigenvalue weighted by molar-refractivity contribution is 9.13. The molecule has 7 heteroatoms. The lowest BCUT2D eigenvalue weighted by molar-refractivity contribution is 0.483.